The number of rotatable bonds is 4. The molecular formula is C14H16O3. The van der Waals surface area contributed by atoms with Gasteiger partial charge < -0.3 is 9.47 Å². The third kappa shape index (κ3) is 2.24. The molecule has 1 heterocycles. The van der Waals surface area contributed by atoms with Crippen LogP contribution in [0.2, 0.25) is 0 Å². The largest absolute Gasteiger partial charge is 0.496 e. The zero-order chi connectivity index (χ0) is 12.5. The molecule has 2 atom stereocenters. The monoisotopic (exact) mass is 232 g/mol. The van der Waals surface area contributed by atoms with E-state index in [1.807, 2.05) is 38.1 Å². The van der Waals surface area contributed by atoms with Gasteiger partial charge in [-0.25, -0.2) is 0 Å². The molecule has 0 saturated carbocycles. The molecule has 3 heteroatoms. The van der Waals surface area contributed by atoms with Crippen LogP contribution in [0.3, 0.4) is 0 Å². The second-order valence-electron chi connectivity index (χ2n) is 4.31. The summed E-state index contributed by atoms with van der Waals surface area (Å²) in [5.74, 6) is 0.752. The highest BCUT2D eigenvalue weighted by molar-refractivity contribution is 6.02. The summed E-state index contributed by atoms with van der Waals surface area (Å²) in [4.78, 5) is 11.9. The lowest BCUT2D eigenvalue weighted by Crippen LogP contribution is -2.20. The van der Waals surface area contributed by atoms with Gasteiger partial charge in [-0.1, -0.05) is 18.2 Å². The first-order valence-corrected chi connectivity index (χ1v) is 5.61. The maximum absolute atomic E-state index is 11.9. The minimum Gasteiger partial charge on any atom is -0.496 e. The van der Waals surface area contributed by atoms with Crippen LogP contribution in [-0.2, 0) is 9.53 Å². The van der Waals surface area contributed by atoms with E-state index in [0.29, 0.717) is 0 Å². The molecular weight excluding hydrogens is 216 g/mol. The highest BCUT2D eigenvalue weighted by Crippen LogP contribution is 2.36. The fraction of sp³-hybridized carbons (Fsp3) is 0.357. The number of ketones is 1. The summed E-state index contributed by atoms with van der Waals surface area (Å²) in [7, 11) is 1.61. The van der Waals surface area contributed by atoms with Crippen LogP contribution in [-0.4, -0.2) is 24.6 Å². The number of epoxide rings is 1. The first-order chi connectivity index (χ1) is 8.08. The van der Waals surface area contributed by atoms with E-state index in [1.165, 1.54) is 0 Å². The van der Waals surface area contributed by atoms with Gasteiger partial charge in [0.1, 0.15) is 5.75 Å². The Morgan fingerprint density at radius 1 is 1.47 bits per heavy atom. The van der Waals surface area contributed by atoms with Gasteiger partial charge in [0.05, 0.1) is 13.2 Å². The van der Waals surface area contributed by atoms with Gasteiger partial charge in [0.25, 0.3) is 0 Å². The van der Waals surface area contributed by atoms with Gasteiger partial charge in [-0.05, 0) is 32.1 Å². The molecule has 1 aromatic carbocycles. The lowest BCUT2D eigenvalue weighted by Gasteiger charge is -2.03. The highest BCUT2D eigenvalue weighted by Gasteiger charge is 2.54. The van der Waals surface area contributed by atoms with Crippen molar-refractivity contribution in [2.45, 2.75) is 25.6 Å². The van der Waals surface area contributed by atoms with Gasteiger partial charge in [-0.2, -0.15) is 0 Å². The smallest absolute Gasteiger partial charge is 0.189 e. The maximum atomic E-state index is 11.9. The Balaban J connectivity index is 2.13. The summed E-state index contributed by atoms with van der Waals surface area (Å²) in [6.45, 7) is 3.71. The molecule has 0 unspecified atom stereocenters. The lowest BCUT2D eigenvalue weighted by molar-refractivity contribution is -0.118. The van der Waals surface area contributed by atoms with Crippen LogP contribution >= 0.6 is 0 Å². The predicted octanol–water partition coefficient (Wildman–Crippen LogP) is 2.45. The number of methoxy groups -OCH3 is 1. The van der Waals surface area contributed by atoms with Crippen LogP contribution in [0.5, 0.6) is 5.75 Å². The molecule has 1 fully saturated rings. The maximum Gasteiger partial charge on any atom is 0.189 e. The normalized spacial score (nSPS) is 27.1. The molecule has 2 rings (SSSR count). The van der Waals surface area contributed by atoms with E-state index in [2.05, 4.69) is 0 Å². The average Bonchev–Trinajstić information content (AvgIpc) is 2.96. The second-order valence-corrected chi connectivity index (χ2v) is 4.31. The van der Waals surface area contributed by atoms with Crippen molar-refractivity contribution in [3.05, 3.63) is 35.9 Å². The standard InChI is InChI=1S/C14H16O3/c1-10-14(2,17-10)13(15)9-8-11-6-4-5-7-12(11)16-3/h4-10H,1-3H3/t10-,14-/m0/s1. The molecule has 17 heavy (non-hydrogen) atoms. The minimum absolute atomic E-state index is 0.00379. The number of para-hydroxylation sites is 1. The fourth-order valence-electron chi connectivity index (χ4n) is 1.73. The first kappa shape index (κ1) is 11.9. The summed E-state index contributed by atoms with van der Waals surface area (Å²) in [6.07, 6.45) is 3.33. The summed E-state index contributed by atoms with van der Waals surface area (Å²) < 4.78 is 10.5. The summed E-state index contributed by atoms with van der Waals surface area (Å²) in [5, 5.41) is 0. The Morgan fingerprint density at radius 3 is 2.71 bits per heavy atom. The van der Waals surface area contributed by atoms with Crippen molar-refractivity contribution in [3.8, 4) is 5.75 Å². The average molecular weight is 232 g/mol. The Morgan fingerprint density at radius 2 is 2.12 bits per heavy atom. The van der Waals surface area contributed by atoms with E-state index in [0.717, 1.165) is 11.3 Å². The number of carbonyl (C=O) groups is 1. The van der Waals surface area contributed by atoms with Crippen LogP contribution in [0, 0.1) is 0 Å². The first-order valence-electron chi connectivity index (χ1n) is 5.61. The fourth-order valence-corrected chi connectivity index (χ4v) is 1.73. The molecule has 1 aliphatic rings. The Labute approximate surface area is 101 Å². The number of benzene rings is 1. The van der Waals surface area contributed by atoms with Crippen molar-refractivity contribution in [1.29, 1.82) is 0 Å². The van der Waals surface area contributed by atoms with Crippen molar-refractivity contribution < 1.29 is 14.3 Å². The zero-order valence-electron chi connectivity index (χ0n) is 10.3. The van der Waals surface area contributed by atoms with Crippen LogP contribution in [0.25, 0.3) is 6.08 Å². The quantitative estimate of drug-likeness (QED) is 0.591. The zero-order valence-corrected chi connectivity index (χ0v) is 10.3. The van der Waals surface area contributed by atoms with Gasteiger partial charge in [0.2, 0.25) is 0 Å². The molecule has 0 N–H and O–H groups in total. The van der Waals surface area contributed by atoms with Crippen LogP contribution < -0.4 is 4.74 Å². The Hall–Kier alpha value is -1.61. The molecule has 0 aliphatic carbocycles. The third-order valence-electron chi connectivity index (χ3n) is 3.18. The predicted molar refractivity (Wildman–Crippen MR) is 66.0 cm³/mol. The van der Waals surface area contributed by atoms with Gasteiger partial charge in [-0.15, -0.1) is 0 Å². The lowest BCUT2D eigenvalue weighted by atomic mass is 10.0. The summed E-state index contributed by atoms with van der Waals surface area (Å²) >= 11 is 0. The molecule has 90 valence electrons. The summed E-state index contributed by atoms with van der Waals surface area (Å²) in [6, 6.07) is 7.57. The van der Waals surface area contributed by atoms with Crippen LogP contribution in [0.15, 0.2) is 30.3 Å². The van der Waals surface area contributed by atoms with E-state index >= 15 is 0 Å². The number of hydrogen-bond acceptors (Lipinski definition) is 3. The molecule has 1 aromatic rings. The molecule has 0 aromatic heterocycles. The Kier molecular flexibility index (Phi) is 3.03. The van der Waals surface area contributed by atoms with Gasteiger partial charge in [-0.3, -0.25) is 4.79 Å². The number of ether oxygens (including phenoxy) is 2. The van der Waals surface area contributed by atoms with Crippen molar-refractivity contribution in [3.63, 3.8) is 0 Å². The molecule has 1 saturated heterocycles. The van der Waals surface area contributed by atoms with E-state index < -0.39 is 5.60 Å². The van der Waals surface area contributed by atoms with Crippen LogP contribution in [0.1, 0.15) is 19.4 Å². The Bertz CT molecular complexity index is 464. The van der Waals surface area contributed by atoms with Crippen molar-refractivity contribution >= 4 is 11.9 Å². The van der Waals surface area contributed by atoms with Gasteiger partial charge in [0, 0.05) is 5.56 Å². The van der Waals surface area contributed by atoms with Crippen molar-refractivity contribution in [2.24, 2.45) is 0 Å². The van der Waals surface area contributed by atoms with E-state index in [4.69, 9.17) is 9.47 Å². The molecule has 0 radical (unpaired) electrons. The van der Waals surface area contributed by atoms with E-state index in [1.54, 1.807) is 19.3 Å². The van der Waals surface area contributed by atoms with Gasteiger partial charge in [0.15, 0.2) is 11.4 Å². The molecule has 0 spiro atoms. The minimum atomic E-state index is -0.626. The SMILES string of the molecule is COc1ccccc1C=CC(=O)[C@@]1(C)O[C@H]1C. The molecule has 0 bridgehead atoms. The highest BCUT2D eigenvalue weighted by atomic mass is 16.6. The second kappa shape index (κ2) is 4.34. The molecule has 0 amide bonds. The number of carbonyl (C=O) groups excluding carboxylic acids is 1. The van der Waals surface area contributed by atoms with Crippen molar-refractivity contribution in [2.75, 3.05) is 7.11 Å². The van der Waals surface area contributed by atoms with Crippen molar-refractivity contribution in [1.82, 2.24) is 0 Å². The summed E-state index contributed by atoms with van der Waals surface area (Å²) in [5.41, 5.74) is 0.263. The van der Waals surface area contributed by atoms with Crippen LogP contribution in [0.4, 0.5) is 0 Å². The van der Waals surface area contributed by atoms with E-state index in [-0.39, 0.29) is 11.9 Å². The topological polar surface area (TPSA) is 38.8 Å². The number of hydrogen-bond donors (Lipinski definition) is 0. The molecule has 3 nitrogen and oxygen atoms in total. The van der Waals surface area contributed by atoms with E-state index in [9.17, 15) is 4.79 Å². The van der Waals surface area contributed by atoms with Gasteiger partial charge >= 0.3 is 0 Å². The third-order valence-corrected chi connectivity index (χ3v) is 3.18. The molecule has 1 aliphatic heterocycles.